The Kier molecular flexibility index (Phi) is 4.33. The zero-order chi connectivity index (χ0) is 13.3. The minimum Gasteiger partial charge on any atom is -0.325 e. The van der Waals surface area contributed by atoms with E-state index in [1.54, 1.807) is 11.3 Å². The molecule has 0 aliphatic carbocycles. The average Bonchev–Trinajstić information content (AvgIpc) is 2.48. The molecule has 0 spiro atoms. The van der Waals surface area contributed by atoms with Gasteiger partial charge in [0.25, 0.3) is 0 Å². The first kappa shape index (κ1) is 14.6. The van der Waals surface area contributed by atoms with Crippen molar-refractivity contribution in [2.24, 2.45) is 11.1 Å². The molecule has 4 heteroatoms. The summed E-state index contributed by atoms with van der Waals surface area (Å²) in [4.78, 5) is 7.96. The molecule has 98 valence electrons. The zero-order valence-corrected chi connectivity index (χ0v) is 12.7. The van der Waals surface area contributed by atoms with Crippen molar-refractivity contribution in [1.82, 2.24) is 9.88 Å². The lowest BCUT2D eigenvalue weighted by Gasteiger charge is -2.41. The van der Waals surface area contributed by atoms with Gasteiger partial charge >= 0.3 is 0 Å². The van der Waals surface area contributed by atoms with Gasteiger partial charge in [0.15, 0.2) is 0 Å². The van der Waals surface area contributed by atoms with Gasteiger partial charge in [0.2, 0.25) is 0 Å². The molecule has 0 amide bonds. The Morgan fingerprint density at radius 2 is 1.94 bits per heavy atom. The molecule has 0 bridgehead atoms. The van der Waals surface area contributed by atoms with Crippen LogP contribution in [0, 0.1) is 12.3 Å². The van der Waals surface area contributed by atoms with Crippen LogP contribution in [-0.2, 0) is 6.54 Å². The number of thiazole rings is 1. The van der Waals surface area contributed by atoms with E-state index in [9.17, 15) is 0 Å². The summed E-state index contributed by atoms with van der Waals surface area (Å²) in [5, 5.41) is 0. The predicted octanol–water partition coefficient (Wildman–Crippen LogP) is 2.65. The minimum atomic E-state index is -0.177. The van der Waals surface area contributed by atoms with E-state index in [0.29, 0.717) is 0 Å². The van der Waals surface area contributed by atoms with Gasteiger partial charge in [-0.2, -0.15) is 0 Å². The van der Waals surface area contributed by atoms with Crippen molar-refractivity contribution in [3.8, 4) is 0 Å². The maximum atomic E-state index is 6.23. The van der Waals surface area contributed by atoms with Gasteiger partial charge in [0.1, 0.15) is 0 Å². The third-order valence-corrected chi connectivity index (χ3v) is 4.59. The van der Waals surface area contributed by atoms with E-state index in [0.717, 1.165) is 18.8 Å². The summed E-state index contributed by atoms with van der Waals surface area (Å²) in [5.41, 5.74) is 9.19. The highest BCUT2D eigenvalue weighted by Crippen LogP contribution is 2.29. The van der Waals surface area contributed by atoms with E-state index < -0.39 is 0 Å². The van der Waals surface area contributed by atoms with Crippen LogP contribution in [0.1, 0.15) is 38.3 Å². The van der Waals surface area contributed by atoms with Crippen LogP contribution in [0.2, 0.25) is 0 Å². The molecule has 0 unspecified atom stereocenters. The molecule has 0 saturated heterocycles. The molecule has 0 aliphatic heterocycles. The van der Waals surface area contributed by atoms with E-state index in [1.807, 2.05) is 5.51 Å². The van der Waals surface area contributed by atoms with Gasteiger partial charge in [-0.25, -0.2) is 4.98 Å². The molecular weight excluding hydrogens is 230 g/mol. The summed E-state index contributed by atoms with van der Waals surface area (Å²) < 4.78 is 0. The summed E-state index contributed by atoms with van der Waals surface area (Å²) >= 11 is 1.73. The molecule has 2 N–H and O–H groups in total. The van der Waals surface area contributed by atoms with Gasteiger partial charge in [0, 0.05) is 23.5 Å². The van der Waals surface area contributed by atoms with Crippen LogP contribution >= 0.6 is 11.3 Å². The monoisotopic (exact) mass is 255 g/mol. The fraction of sp³-hybridized carbons (Fsp3) is 0.769. The maximum absolute atomic E-state index is 6.23. The van der Waals surface area contributed by atoms with Gasteiger partial charge in [-0.3, -0.25) is 0 Å². The van der Waals surface area contributed by atoms with Gasteiger partial charge in [0.05, 0.1) is 11.2 Å². The van der Waals surface area contributed by atoms with Crippen LogP contribution in [0.5, 0.6) is 0 Å². The quantitative estimate of drug-likeness (QED) is 0.879. The Bertz CT molecular complexity index is 363. The Labute approximate surface area is 109 Å². The third-order valence-electron chi connectivity index (χ3n) is 3.67. The highest BCUT2D eigenvalue weighted by Gasteiger charge is 2.34. The minimum absolute atomic E-state index is 0.0837. The normalized spacial score (nSPS) is 13.4. The molecular formula is C13H25N3S. The predicted molar refractivity (Wildman–Crippen MR) is 75.2 cm³/mol. The van der Waals surface area contributed by atoms with E-state index in [1.165, 1.54) is 4.88 Å². The number of nitrogens with zero attached hydrogens (tertiary/aromatic N) is 2. The SMILES string of the molecule is Cc1ncsc1CN(C)CC(C)(C)C(C)(C)N. The summed E-state index contributed by atoms with van der Waals surface area (Å²) in [6.07, 6.45) is 0. The average molecular weight is 255 g/mol. The number of aryl methyl sites for hydroxylation is 1. The van der Waals surface area contributed by atoms with Crippen molar-refractivity contribution in [3.05, 3.63) is 16.1 Å². The second kappa shape index (κ2) is 5.04. The van der Waals surface area contributed by atoms with Crippen molar-refractivity contribution in [1.29, 1.82) is 0 Å². The number of aromatic nitrogens is 1. The molecule has 0 aliphatic rings. The third kappa shape index (κ3) is 3.76. The van der Waals surface area contributed by atoms with Crippen LogP contribution in [0.15, 0.2) is 5.51 Å². The van der Waals surface area contributed by atoms with Crippen LogP contribution < -0.4 is 5.73 Å². The molecule has 17 heavy (non-hydrogen) atoms. The van der Waals surface area contributed by atoms with E-state index in [4.69, 9.17) is 5.73 Å². The first-order chi connectivity index (χ1) is 7.63. The molecule has 1 heterocycles. The van der Waals surface area contributed by atoms with Crippen LogP contribution in [0.4, 0.5) is 0 Å². The lowest BCUT2D eigenvalue weighted by molar-refractivity contribution is 0.127. The molecule has 0 fully saturated rings. The number of nitrogens with two attached hydrogens (primary N) is 1. The Morgan fingerprint density at radius 3 is 2.35 bits per heavy atom. The summed E-state index contributed by atoms with van der Waals surface area (Å²) in [5.74, 6) is 0. The molecule has 3 nitrogen and oxygen atoms in total. The summed E-state index contributed by atoms with van der Waals surface area (Å²) in [7, 11) is 2.15. The van der Waals surface area contributed by atoms with Gasteiger partial charge in [-0.15, -0.1) is 11.3 Å². The molecule has 0 aromatic carbocycles. The fourth-order valence-electron chi connectivity index (χ4n) is 1.66. The van der Waals surface area contributed by atoms with Crippen molar-refractivity contribution in [2.75, 3.05) is 13.6 Å². The molecule has 0 saturated carbocycles. The van der Waals surface area contributed by atoms with Crippen molar-refractivity contribution < 1.29 is 0 Å². The molecule has 0 atom stereocenters. The fourth-order valence-corrected chi connectivity index (χ4v) is 2.51. The van der Waals surface area contributed by atoms with Gasteiger partial charge in [-0.1, -0.05) is 13.8 Å². The first-order valence-corrected chi connectivity index (χ1v) is 6.88. The van der Waals surface area contributed by atoms with E-state index in [2.05, 4.69) is 51.6 Å². The first-order valence-electron chi connectivity index (χ1n) is 6.00. The Balaban J connectivity index is 2.62. The lowest BCUT2D eigenvalue weighted by Crippen LogP contribution is -2.52. The van der Waals surface area contributed by atoms with Gasteiger partial charge in [-0.05, 0) is 33.2 Å². The largest absolute Gasteiger partial charge is 0.325 e. The second-order valence-electron chi connectivity index (χ2n) is 6.14. The van der Waals surface area contributed by atoms with E-state index in [-0.39, 0.29) is 11.0 Å². The maximum Gasteiger partial charge on any atom is 0.0798 e. The topological polar surface area (TPSA) is 42.2 Å². The van der Waals surface area contributed by atoms with Crippen LogP contribution in [-0.4, -0.2) is 29.0 Å². The molecule has 1 aromatic rings. The highest BCUT2D eigenvalue weighted by molar-refractivity contribution is 7.09. The summed E-state index contributed by atoms with van der Waals surface area (Å²) in [6, 6.07) is 0. The smallest absolute Gasteiger partial charge is 0.0798 e. The molecule has 0 radical (unpaired) electrons. The Hall–Kier alpha value is -0.450. The summed E-state index contributed by atoms with van der Waals surface area (Å²) in [6.45, 7) is 12.6. The van der Waals surface area contributed by atoms with Crippen molar-refractivity contribution >= 4 is 11.3 Å². The lowest BCUT2D eigenvalue weighted by atomic mass is 9.75. The second-order valence-corrected chi connectivity index (χ2v) is 7.08. The van der Waals surface area contributed by atoms with Crippen molar-refractivity contribution in [3.63, 3.8) is 0 Å². The number of rotatable bonds is 5. The Morgan fingerprint density at radius 1 is 1.35 bits per heavy atom. The van der Waals surface area contributed by atoms with Crippen molar-refractivity contribution in [2.45, 2.75) is 46.7 Å². The van der Waals surface area contributed by atoms with E-state index >= 15 is 0 Å². The molecule has 1 aromatic heterocycles. The van der Waals surface area contributed by atoms with Crippen LogP contribution in [0.3, 0.4) is 0 Å². The van der Waals surface area contributed by atoms with Gasteiger partial charge < -0.3 is 10.6 Å². The number of hydrogen-bond acceptors (Lipinski definition) is 4. The van der Waals surface area contributed by atoms with Crippen LogP contribution in [0.25, 0.3) is 0 Å². The number of hydrogen-bond donors (Lipinski definition) is 1. The zero-order valence-electron chi connectivity index (χ0n) is 11.9. The standard InChI is InChI=1S/C13H25N3S/c1-10-11(17-9-15-10)7-16(6)8-12(2,3)13(4,5)14/h9H,7-8,14H2,1-6H3. The highest BCUT2D eigenvalue weighted by atomic mass is 32.1. The molecule has 1 rings (SSSR count).